The van der Waals surface area contributed by atoms with Crippen molar-refractivity contribution >= 4 is 23.4 Å². The Morgan fingerprint density at radius 3 is 2.43 bits per heavy atom. The molecule has 1 aromatic heterocycles. The monoisotopic (exact) mass is 498 g/mol. The van der Waals surface area contributed by atoms with Gasteiger partial charge in [0.25, 0.3) is 11.8 Å². The minimum Gasteiger partial charge on any atom is -0.364 e. The third kappa shape index (κ3) is 3.99. The summed E-state index contributed by atoms with van der Waals surface area (Å²) in [6.07, 6.45) is 4.20. The largest absolute Gasteiger partial charge is 0.364 e. The number of anilines is 1. The molecule has 37 heavy (non-hydrogen) atoms. The van der Waals surface area contributed by atoms with Crippen LogP contribution in [0.15, 0.2) is 48.5 Å². The summed E-state index contributed by atoms with van der Waals surface area (Å²) in [5, 5.41) is 4.45. The molecule has 190 valence electrons. The predicted octanol–water partition coefficient (Wildman–Crippen LogP) is 2.29. The van der Waals surface area contributed by atoms with E-state index in [1.165, 1.54) is 10.2 Å². The highest BCUT2D eigenvalue weighted by Gasteiger charge is 2.46. The number of amides is 3. The van der Waals surface area contributed by atoms with Crippen molar-refractivity contribution < 1.29 is 14.4 Å². The second kappa shape index (κ2) is 8.85. The number of nitrogens with two attached hydrogens (primary N) is 2. The molecule has 0 unspecified atom stereocenters. The van der Waals surface area contributed by atoms with Crippen molar-refractivity contribution in [2.75, 3.05) is 24.5 Å². The van der Waals surface area contributed by atoms with Crippen LogP contribution in [-0.4, -0.2) is 52.0 Å². The molecule has 3 aliphatic rings. The van der Waals surface area contributed by atoms with E-state index in [9.17, 15) is 14.4 Å². The maximum absolute atomic E-state index is 13.8. The lowest BCUT2D eigenvalue weighted by Crippen LogP contribution is -2.39. The van der Waals surface area contributed by atoms with Crippen LogP contribution in [0.1, 0.15) is 63.4 Å². The van der Waals surface area contributed by atoms with E-state index in [0.29, 0.717) is 42.9 Å². The SMILES string of the molecule is NCc1cccc(-n2nc(C(N)=O)c3c2C(=O)N(c2ccc(C4(CN5CCCC5=O)CC4)cc2)CC3)c1. The standard InChI is InChI=1S/C28H30N6O3/c29-16-18-3-1-4-21(15-18)34-25-22(24(31-34)26(30)36)10-14-33(27(25)37)20-8-6-19(7-9-20)28(11-12-28)17-32-13-2-5-23(32)35/h1,3-4,6-9,15H,2,5,10-14,16-17,29H2,(H2,30,36). The van der Waals surface area contributed by atoms with Gasteiger partial charge in [0.2, 0.25) is 5.91 Å². The summed E-state index contributed by atoms with van der Waals surface area (Å²) >= 11 is 0. The van der Waals surface area contributed by atoms with Crippen LogP contribution in [-0.2, 0) is 23.2 Å². The summed E-state index contributed by atoms with van der Waals surface area (Å²) in [6, 6.07) is 15.6. The zero-order valence-electron chi connectivity index (χ0n) is 20.7. The number of hydrogen-bond acceptors (Lipinski definition) is 5. The van der Waals surface area contributed by atoms with Crippen LogP contribution in [0.2, 0.25) is 0 Å². The summed E-state index contributed by atoms with van der Waals surface area (Å²) in [5.41, 5.74) is 16.1. The van der Waals surface area contributed by atoms with Crippen molar-refractivity contribution in [3.63, 3.8) is 0 Å². The summed E-state index contributed by atoms with van der Waals surface area (Å²) in [6.45, 7) is 2.39. The normalized spacial score (nSPS) is 18.3. The number of fused-ring (bicyclic) bond motifs is 1. The van der Waals surface area contributed by atoms with Gasteiger partial charge in [0.05, 0.1) is 5.69 Å². The van der Waals surface area contributed by atoms with Gasteiger partial charge in [-0.2, -0.15) is 5.10 Å². The Morgan fingerprint density at radius 1 is 1.00 bits per heavy atom. The summed E-state index contributed by atoms with van der Waals surface area (Å²) in [7, 11) is 0. The summed E-state index contributed by atoms with van der Waals surface area (Å²) < 4.78 is 1.52. The van der Waals surface area contributed by atoms with Crippen molar-refractivity contribution in [3.05, 3.63) is 76.6 Å². The Balaban J connectivity index is 1.30. The van der Waals surface area contributed by atoms with Crippen molar-refractivity contribution in [1.29, 1.82) is 0 Å². The molecule has 1 aliphatic carbocycles. The number of carbonyl (C=O) groups is 3. The number of hydrogen-bond donors (Lipinski definition) is 2. The van der Waals surface area contributed by atoms with Gasteiger partial charge in [-0.3, -0.25) is 14.4 Å². The molecule has 9 heteroatoms. The molecule has 0 atom stereocenters. The zero-order chi connectivity index (χ0) is 25.7. The molecule has 2 aromatic carbocycles. The molecular formula is C28H30N6O3. The predicted molar refractivity (Wildman–Crippen MR) is 139 cm³/mol. The molecule has 3 amide bonds. The van der Waals surface area contributed by atoms with Crippen LogP contribution in [0.3, 0.4) is 0 Å². The van der Waals surface area contributed by atoms with E-state index in [1.807, 2.05) is 41.3 Å². The second-order valence-electron chi connectivity index (χ2n) is 10.3. The topological polar surface area (TPSA) is 128 Å². The number of nitrogens with zero attached hydrogens (tertiary/aromatic N) is 4. The average molecular weight is 499 g/mol. The number of aromatic nitrogens is 2. The third-order valence-electron chi connectivity index (χ3n) is 7.95. The molecule has 1 saturated carbocycles. The Hall–Kier alpha value is -3.98. The van der Waals surface area contributed by atoms with Gasteiger partial charge >= 0.3 is 0 Å². The molecule has 4 N–H and O–H groups in total. The van der Waals surface area contributed by atoms with Crippen molar-refractivity contribution in [2.45, 2.75) is 44.1 Å². The average Bonchev–Trinajstić information content (AvgIpc) is 3.41. The Morgan fingerprint density at radius 2 is 1.78 bits per heavy atom. The van der Waals surface area contributed by atoms with Crippen molar-refractivity contribution in [2.24, 2.45) is 11.5 Å². The molecule has 2 aliphatic heterocycles. The van der Waals surface area contributed by atoms with Gasteiger partial charge < -0.3 is 21.3 Å². The van der Waals surface area contributed by atoms with E-state index in [0.717, 1.165) is 43.6 Å². The highest BCUT2D eigenvalue weighted by atomic mass is 16.2. The number of primary amides is 1. The van der Waals surface area contributed by atoms with Crippen LogP contribution in [0.5, 0.6) is 0 Å². The van der Waals surface area contributed by atoms with Crippen LogP contribution in [0, 0.1) is 0 Å². The zero-order valence-corrected chi connectivity index (χ0v) is 20.7. The van der Waals surface area contributed by atoms with Gasteiger partial charge in [-0.05, 0) is 61.1 Å². The third-order valence-corrected chi connectivity index (χ3v) is 7.95. The number of carbonyl (C=O) groups excluding carboxylic acids is 3. The van der Waals surface area contributed by atoms with E-state index in [2.05, 4.69) is 17.2 Å². The molecular weight excluding hydrogens is 468 g/mol. The lowest BCUT2D eigenvalue weighted by atomic mass is 9.94. The fraction of sp³-hybridized carbons (Fsp3) is 0.357. The van der Waals surface area contributed by atoms with Gasteiger partial charge in [-0.15, -0.1) is 0 Å². The fourth-order valence-corrected chi connectivity index (χ4v) is 5.73. The lowest BCUT2D eigenvalue weighted by molar-refractivity contribution is -0.128. The van der Waals surface area contributed by atoms with E-state index in [1.54, 1.807) is 4.90 Å². The quantitative estimate of drug-likeness (QED) is 0.517. The van der Waals surface area contributed by atoms with Crippen molar-refractivity contribution in [3.8, 4) is 5.69 Å². The van der Waals surface area contributed by atoms with Gasteiger partial charge in [-0.1, -0.05) is 24.3 Å². The summed E-state index contributed by atoms with van der Waals surface area (Å²) in [4.78, 5) is 41.8. The minimum atomic E-state index is -0.651. The molecule has 0 spiro atoms. The van der Waals surface area contributed by atoms with E-state index in [4.69, 9.17) is 11.5 Å². The molecule has 3 heterocycles. The summed E-state index contributed by atoms with van der Waals surface area (Å²) in [5.74, 6) is -0.626. The first-order chi connectivity index (χ1) is 17.9. The maximum Gasteiger partial charge on any atom is 0.277 e. The molecule has 1 saturated heterocycles. The fourth-order valence-electron chi connectivity index (χ4n) is 5.73. The maximum atomic E-state index is 13.8. The molecule has 0 bridgehead atoms. The lowest BCUT2D eigenvalue weighted by Gasteiger charge is -2.29. The van der Waals surface area contributed by atoms with E-state index >= 15 is 0 Å². The van der Waals surface area contributed by atoms with Gasteiger partial charge in [0, 0.05) is 49.3 Å². The highest BCUT2D eigenvalue weighted by molar-refractivity contribution is 6.09. The Kier molecular flexibility index (Phi) is 5.60. The van der Waals surface area contributed by atoms with Crippen molar-refractivity contribution in [1.82, 2.24) is 14.7 Å². The Labute approximate surface area is 215 Å². The molecule has 0 radical (unpaired) electrons. The molecule has 9 nitrogen and oxygen atoms in total. The number of benzene rings is 2. The number of likely N-dealkylation sites (tertiary alicyclic amines) is 1. The van der Waals surface area contributed by atoms with Gasteiger partial charge in [-0.25, -0.2) is 4.68 Å². The van der Waals surface area contributed by atoms with Gasteiger partial charge in [0.1, 0.15) is 5.69 Å². The molecule has 6 rings (SSSR count). The van der Waals surface area contributed by atoms with Crippen LogP contribution >= 0.6 is 0 Å². The molecule has 3 aromatic rings. The first kappa shape index (κ1) is 23.4. The highest BCUT2D eigenvalue weighted by Crippen LogP contribution is 2.49. The molecule has 2 fully saturated rings. The van der Waals surface area contributed by atoms with Crippen LogP contribution < -0.4 is 16.4 Å². The van der Waals surface area contributed by atoms with Crippen LogP contribution in [0.25, 0.3) is 5.69 Å². The first-order valence-electron chi connectivity index (χ1n) is 12.8. The number of rotatable bonds is 7. The Bertz CT molecular complexity index is 1410. The van der Waals surface area contributed by atoms with E-state index in [-0.39, 0.29) is 22.9 Å². The second-order valence-corrected chi connectivity index (χ2v) is 10.3. The van der Waals surface area contributed by atoms with Crippen LogP contribution in [0.4, 0.5) is 5.69 Å². The smallest absolute Gasteiger partial charge is 0.277 e. The first-order valence-corrected chi connectivity index (χ1v) is 12.8. The minimum absolute atomic E-state index is 0.0284. The van der Waals surface area contributed by atoms with E-state index < -0.39 is 5.91 Å². The van der Waals surface area contributed by atoms with Gasteiger partial charge in [0.15, 0.2) is 5.69 Å².